The molecule has 0 bridgehead atoms. The number of nitro groups is 1. The molecule has 108 valence electrons. The van der Waals surface area contributed by atoms with Crippen LogP contribution < -0.4 is 0 Å². The lowest BCUT2D eigenvalue weighted by Crippen LogP contribution is -2.40. The maximum atomic E-state index is 11.1. The zero-order valence-electron chi connectivity index (χ0n) is 12.4. The summed E-state index contributed by atoms with van der Waals surface area (Å²) >= 11 is 0. The van der Waals surface area contributed by atoms with Crippen LogP contribution in [0.3, 0.4) is 0 Å². The van der Waals surface area contributed by atoms with Crippen LogP contribution in [0, 0.1) is 10.1 Å². The lowest BCUT2D eigenvalue weighted by molar-refractivity contribution is -0.421. The molecule has 0 atom stereocenters. The van der Waals surface area contributed by atoms with E-state index in [-0.39, 0.29) is 10.6 Å². The third kappa shape index (κ3) is 4.67. The van der Waals surface area contributed by atoms with E-state index in [0.717, 1.165) is 37.9 Å². The fourth-order valence-corrected chi connectivity index (χ4v) is 2.40. The molecule has 1 aliphatic rings. The van der Waals surface area contributed by atoms with Crippen molar-refractivity contribution in [3.05, 3.63) is 33.7 Å². The number of hydrogen-bond acceptors (Lipinski definition) is 4. The number of allylic oxidation sites excluding steroid dienone is 2. The summed E-state index contributed by atoms with van der Waals surface area (Å²) in [7, 11) is 4.06. The molecular formula is C14H25N3O2. The molecule has 0 unspecified atom stereocenters. The van der Waals surface area contributed by atoms with Gasteiger partial charge in [-0.25, -0.2) is 0 Å². The van der Waals surface area contributed by atoms with E-state index in [1.165, 1.54) is 0 Å². The van der Waals surface area contributed by atoms with Gasteiger partial charge in [-0.05, 0) is 46.3 Å². The van der Waals surface area contributed by atoms with Crippen LogP contribution in [-0.2, 0) is 0 Å². The second kappa shape index (κ2) is 7.28. The first-order chi connectivity index (χ1) is 8.95. The predicted molar refractivity (Wildman–Crippen MR) is 77.4 cm³/mol. The molecule has 1 fully saturated rings. The summed E-state index contributed by atoms with van der Waals surface area (Å²) in [6.07, 6.45) is 6.53. The van der Waals surface area contributed by atoms with E-state index in [0.29, 0.717) is 6.04 Å². The normalized spacial score (nSPS) is 19.6. The van der Waals surface area contributed by atoms with Crippen LogP contribution in [0.2, 0.25) is 0 Å². The summed E-state index contributed by atoms with van der Waals surface area (Å²) in [5.41, 5.74) is 0.954. The van der Waals surface area contributed by atoms with Gasteiger partial charge in [0.25, 0.3) is 5.70 Å². The number of rotatable bonds is 5. The number of nitrogens with zero attached hydrogens (tertiary/aromatic N) is 3. The van der Waals surface area contributed by atoms with Gasteiger partial charge in [0.1, 0.15) is 0 Å². The van der Waals surface area contributed by atoms with Crippen molar-refractivity contribution in [3.63, 3.8) is 0 Å². The SMILES string of the molecule is CC/C=C(C)/C(=C\N(C)C1CCN(C)CC1)[N+](=O)[O-]. The Hall–Kier alpha value is -1.36. The molecule has 0 aromatic heterocycles. The summed E-state index contributed by atoms with van der Waals surface area (Å²) < 4.78 is 0. The highest BCUT2D eigenvalue weighted by Gasteiger charge is 2.22. The van der Waals surface area contributed by atoms with Crippen LogP contribution >= 0.6 is 0 Å². The van der Waals surface area contributed by atoms with Crippen molar-refractivity contribution in [1.82, 2.24) is 9.80 Å². The Morgan fingerprint density at radius 1 is 1.47 bits per heavy atom. The zero-order chi connectivity index (χ0) is 14.4. The maximum Gasteiger partial charge on any atom is 0.287 e. The summed E-state index contributed by atoms with van der Waals surface area (Å²) in [6, 6.07) is 0.403. The van der Waals surface area contributed by atoms with Crippen LogP contribution in [0.4, 0.5) is 0 Å². The molecule has 0 N–H and O–H groups in total. The molecule has 5 heteroatoms. The molecule has 0 aromatic rings. The summed E-state index contributed by atoms with van der Waals surface area (Å²) in [4.78, 5) is 15.2. The molecule has 1 saturated heterocycles. The molecule has 1 heterocycles. The monoisotopic (exact) mass is 267 g/mol. The second-order valence-electron chi connectivity index (χ2n) is 5.27. The molecule has 0 amide bonds. The molecule has 5 nitrogen and oxygen atoms in total. The van der Waals surface area contributed by atoms with Crippen LogP contribution in [0.25, 0.3) is 0 Å². The number of likely N-dealkylation sites (tertiary alicyclic amines) is 1. The molecule has 0 saturated carbocycles. The van der Waals surface area contributed by atoms with Crippen molar-refractivity contribution in [2.45, 2.75) is 39.2 Å². The minimum Gasteiger partial charge on any atom is -0.372 e. The van der Waals surface area contributed by atoms with E-state index in [1.807, 2.05) is 24.9 Å². The first-order valence-corrected chi connectivity index (χ1v) is 6.89. The van der Waals surface area contributed by atoms with E-state index < -0.39 is 0 Å². The Bertz CT molecular complexity index is 369. The topological polar surface area (TPSA) is 49.6 Å². The lowest BCUT2D eigenvalue weighted by Gasteiger charge is -2.34. The Labute approximate surface area is 115 Å². The third-order valence-corrected chi connectivity index (χ3v) is 3.70. The predicted octanol–water partition coefficient (Wildman–Crippen LogP) is 2.49. The standard InChI is InChI=1S/C14H25N3O2/c1-5-6-12(2)14(17(18)19)11-16(4)13-7-9-15(3)10-8-13/h6,11,13H,5,7-10H2,1-4H3/b12-6+,14-11+. The third-order valence-electron chi connectivity index (χ3n) is 3.70. The van der Waals surface area contributed by atoms with Crippen molar-refractivity contribution in [3.8, 4) is 0 Å². The zero-order valence-corrected chi connectivity index (χ0v) is 12.4. The smallest absolute Gasteiger partial charge is 0.287 e. The van der Waals surface area contributed by atoms with Crippen molar-refractivity contribution in [2.75, 3.05) is 27.2 Å². The van der Waals surface area contributed by atoms with Crippen LogP contribution in [0.15, 0.2) is 23.5 Å². The molecule has 0 aromatic carbocycles. The summed E-state index contributed by atoms with van der Waals surface area (Å²) in [5, 5.41) is 11.1. The highest BCUT2D eigenvalue weighted by atomic mass is 16.6. The van der Waals surface area contributed by atoms with Gasteiger partial charge in [0.15, 0.2) is 0 Å². The molecule has 0 aliphatic carbocycles. The van der Waals surface area contributed by atoms with Crippen LogP contribution in [-0.4, -0.2) is 47.9 Å². The largest absolute Gasteiger partial charge is 0.372 e. The molecule has 1 rings (SSSR count). The highest BCUT2D eigenvalue weighted by molar-refractivity contribution is 5.22. The average molecular weight is 267 g/mol. The Balaban J connectivity index is 2.78. The second-order valence-corrected chi connectivity index (χ2v) is 5.27. The Morgan fingerprint density at radius 2 is 2.05 bits per heavy atom. The molecule has 1 aliphatic heterocycles. The quantitative estimate of drug-likeness (QED) is 0.436. The average Bonchev–Trinajstić information content (AvgIpc) is 2.36. The van der Waals surface area contributed by atoms with Gasteiger partial charge in [-0.3, -0.25) is 10.1 Å². The fraction of sp³-hybridized carbons (Fsp3) is 0.714. The Kier molecular flexibility index (Phi) is 6.02. The molecule has 0 radical (unpaired) electrons. The summed E-state index contributed by atoms with van der Waals surface area (Å²) in [6.45, 7) is 5.91. The minimum absolute atomic E-state index is 0.211. The van der Waals surface area contributed by atoms with Gasteiger partial charge in [-0.15, -0.1) is 0 Å². The first kappa shape index (κ1) is 15.7. The summed E-state index contributed by atoms with van der Waals surface area (Å²) in [5.74, 6) is 0. The Morgan fingerprint density at radius 3 is 2.53 bits per heavy atom. The van der Waals surface area contributed by atoms with Gasteiger partial charge in [-0.1, -0.05) is 13.0 Å². The first-order valence-electron chi connectivity index (χ1n) is 6.89. The van der Waals surface area contributed by atoms with Gasteiger partial charge in [-0.2, -0.15) is 0 Å². The fourth-order valence-electron chi connectivity index (χ4n) is 2.40. The highest BCUT2D eigenvalue weighted by Crippen LogP contribution is 2.18. The minimum atomic E-state index is -0.285. The van der Waals surface area contributed by atoms with Crippen molar-refractivity contribution < 1.29 is 4.92 Å². The lowest BCUT2D eigenvalue weighted by atomic mass is 10.0. The van der Waals surface area contributed by atoms with E-state index in [2.05, 4.69) is 11.9 Å². The van der Waals surface area contributed by atoms with Crippen molar-refractivity contribution in [2.24, 2.45) is 0 Å². The molecule has 19 heavy (non-hydrogen) atoms. The number of piperidine rings is 1. The van der Waals surface area contributed by atoms with Gasteiger partial charge >= 0.3 is 0 Å². The number of hydrogen-bond donors (Lipinski definition) is 0. The van der Waals surface area contributed by atoms with Gasteiger partial charge < -0.3 is 9.80 Å². The van der Waals surface area contributed by atoms with Crippen LogP contribution in [0.5, 0.6) is 0 Å². The van der Waals surface area contributed by atoms with E-state index in [4.69, 9.17) is 0 Å². The van der Waals surface area contributed by atoms with Gasteiger partial charge in [0.05, 0.1) is 11.1 Å². The maximum absolute atomic E-state index is 11.1. The van der Waals surface area contributed by atoms with E-state index in [1.54, 1.807) is 13.1 Å². The molecular weight excluding hydrogens is 242 g/mol. The molecule has 0 spiro atoms. The van der Waals surface area contributed by atoms with Gasteiger partial charge in [0, 0.05) is 18.7 Å². The van der Waals surface area contributed by atoms with Crippen LogP contribution in [0.1, 0.15) is 33.1 Å². The van der Waals surface area contributed by atoms with E-state index in [9.17, 15) is 10.1 Å². The van der Waals surface area contributed by atoms with Gasteiger partial charge in [0.2, 0.25) is 0 Å². The van der Waals surface area contributed by atoms with E-state index >= 15 is 0 Å². The van der Waals surface area contributed by atoms with Crippen molar-refractivity contribution in [1.29, 1.82) is 0 Å². The van der Waals surface area contributed by atoms with Crippen molar-refractivity contribution >= 4 is 0 Å².